The SMILES string of the molecule is Nc1ncnc2c1ncn2[C@@H]1O[C@H](COS(=O)(=O)NC(=O)c2ccc3ccccc3c2)[C@@H](O)[C@H]1O. The summed E-state index contributed by atoms with van der Waals surface area (Å²) in [6.45, 7) is -0.668. The van der Waals surface area contributed by atoms with Gasteiger partial charge in [0.1, 0.15) is 30.2 Å². The van der Waals surface area contributed by atoms with E-state index in [1.54, 1.807) is 24.3 Å². The second-order valence-corrected chi connectivity index (χ2v) is 9.21. The zero-order valence-electron chi connectivity index (χ0n) is 17.9. The van der Waals surface area contributed by atoms with E-state index in [0.29, 0.717) is 0 Å². The number of imidazole rings is 1. The van der Waals surface area contributed by atoms with Gasteiger partial charge >= 0.3 is 10.3 Å². The molecule has 0 spiro atoms. The highest BCUT2D eigenvalue weighted by Crippen LogP contribution is 2.32. The first-order valence-corrected chi connectivity index (χ1v) is 11.8. The molecule has 2 aromatic heterocycles. The molecular weight excluding hydrogens is 480 g/mol. The van der Waals surface area contributed by atoms with Crippen LogP contribution in [0.4, 0.5) is 5.82 Å². The van der Waals surface area contributed by atoms with Gasteiger partial charge in [-0.25, -0.2) is 19.7 Å². The van der Waals surface area contributed by atoms with E-state index in [-0.39, 0.29) is 22.5 Å². The molecule has 14 heteroatoms. The van der Waals surface area contributed by atoms with E-state index in [4.69, 9.17) is 14.7 Å². The van der Waals surface area contributed by atoms with Gasteiger partial charge in [-0.2, -0.15) is 8.42 Å². The molecule has 0 unspecified atom stereocenters. The van der Waals surface area contributed by atoms with Crippen molar-refractivity contribution in [3.63, 3.8) is 0 Å². The molecule has 0 radical (unpaired) electrons. The van der Waals surface area contributed by atoms with Crippen molar-refractivity contribution in [3.8, 4) is 0 Å². The number of nitrogens with two attached hydrogens (primary N) is 1. The van der Waals surface area contributed by atoms with Gasteiger partial charge in [-0.1, -0.05) is 30.3 Å². The maximum Gasteiger partial charge on any atom is 0.362 e. The summed E-state index contributed by atoms with van der Waals surface area (Å²) in [4.78, 5) is 24.4. The lowest BCUT2D eigenvalue weighted by molar-refractivity contribution is -0.0468. The number of aliphatic hydroxyl groups is 2. The molecule has 182 valence electrons. The molecule has 1 fully saturated rings. The van der Waals surface area contributed by atoms with Crippen LogP contribution in [0.2, 0.25) is 0 Å². The van der Waals surface area contributed by atoms with Crippen LogP contribution in [0.15, 0.2) is 55.1 Å². The molecule has 13 nitrogen and oxygen atoms in total. The zero-order valence-corrected chi connectivity index (χ0v) is 18.7. The molecule has 4 atom stereocenters. The molecule has 1 saturated heterocycles. The maximum atomic E-state index is 12.5. The van der Waals surface area contributed by atoms with Gasteiger partial charge in [-0.3, -0.25) is 13.5 Å². The number of hydrogen-bond acceptors (Lipinski definition) is 11. The molecule has 0 aliphatic carbocycles. The summed E-state index contributed by atoms with van der Waals surface area (Å²) in [6.07, 6.45) is -2.82. The van der Waals surface area contributed by atoms with Gasteiger partial charge < -0.3 is 20.7 Å². The number of rotatable bonds is 6. The molecule has 0 saturated carbocycles. The Balaban J connectivity index is 1.25. The highest BCUT2D eigenvalue weighted by Gasteiger charge is 2.45. The number of ether oxygens (including phenoxy) is 1. The lowest BCUT2D eigenvalue weighted by Crippen LogP contribution is -2.37. The fourth-order valence-corrected chi connectivity index (χ4v) is 4.56. The number of carbonyl (C=O) groups is 1. The van der Waals surface area contributed by atoms with Crippen molar-refractivity contribution < 1.29 is 32.3 Å². The fourth-order valence-electron chi connectivity index (χ4n) is 3.84. The molecule has 3 heterocycles. The molecule has 4 aromatic rings. The average molecular weight is 500 g/mol. The monoisotopic (exact) mass is 500 g/mol. The lowest BCUT2D eigenvalue weighted by atomic mass is 10.1. The van der Waals surface area contributed by atoms with E-state index in [1.807, 2.05) is 16.9 Å². The number of nitrogens with one attached hydrogen (secondary N) is 1. The number of hydrogen-bond donors (Lipinski definition) is 4. The van der Waals surface area contributed by atoms with Crippen LogP contribution in [0.5, 0.6) is 0 Å². The van der Waals surface area contributed by atoms with Crippen LogP contribution >= 0.6 is 0 Å². The Hall–Kier alpha value is -3.69. The summed E-state index contributed by atoms with van der Waals surface area (Å²) in [5.41, 5.74) is 6.41. The average Bonchev–Trinajstić information content (AvgIpc) is 3.39. The molecular formula is C21H20N6O7S. The van der Waals surface area contributed by atoms with Gasteiger partial charge in [0.05, 0.1) is 12.9 Å². The third-order valence-electron chi connectivity index (χ3n) is 5.62. The Morgan fingerprint density at radius 3 is 2.69 bits per heavy atom. The largest absolute Gasteiger partial charge is 0.387 e. The molecule has 2 aromatic carbocycles. The summed E-state index contributed by atoms with van der Waals surface area (Å²) in [5, 5.41) is 22.5. The number of nitrogens with zero attached hydrogens (tertiary/aromatic N) is 4. The van der Waals surface area contributed by atoms with Crippen molar-refractivity contribution in [3.05, 3.63) is 60.7 Å². The van der Waals surface area contributed by atoms with Crippen molar-refractivity contribution in [2.24, 2.45) is 0 Å². The van der Waals surface area contributed by atoms with E-state index >= 15 is 0 Å². The van der Waals surface area contributed by atoms with Gasteiger partial charge in [0, 0.05) is 5.56 Å². The number of anilines is 1. The van der Waals surface area contributed by atoms with Crippen molar-refractivity contribution in [2.45, 2.75) is 24.5 Å². The van der Waals surface area contributed by atoms with Crippen molar-refractivity contribution >= 4 is 44.0 Å². The lowest BCUT2D eigenvalue weighted by Gasteiger charge is -2.16. The topological polar surface area (TPSA) is 192 Å². The van der Waals surface area contributed by atoms with Crippen molar-refractivity contribution in [2.75, 3.05) is 12.3 Å². The third kappa shape index (κ3) is 4.40. The first-order valence-electron chi connectivity index (χ1n) is 10.4. The summed E-state index contributed by atoms with van der Waals surface area (Å²) >= 11 is 0. The van der Waals surface area contributed by atoms with E-state index in [2.05, 4.69) is 15.0 Å². The quantitative estimate of drug-likeness (QED) is 0.276. The van der Waals surface area contributed by atoms with Crippen LogP contribution in [0.3, 0.4) is 0 Å². The Labute approximate surface area is 198 Å². The molecule has 0 bridgehead atoms. The number of amides is 1. The number of carbonyl (C=O) groups excluding carboxylic acids is 1. The molecule has 1 aliphatic heterocycles. The summed E-state index contributed by atoms with van der Waals surface area (Å²) in [6, 6.07) is 12.0. The minimum Gasteiger partial charge on any atom is -0.387 e. The van der Waals surface area contributed by atoms with Crippen LogP contribution in [0.1, 0.15) is 16.6 Å². The Morgan fingerprint density at radius 1 is 1.11 bits per heavy atom. The zero-order chi connectivity index (χ0) is 24.7. The maximum absolute atomic E-state index is 12.5. The van der Waals surface area contributed by atoms with Crippen LogP contribution in [-0.4, -0.2) is 69.0 Å². The second kappa shape index (κ2) is 8.83. The third-order valence-corrected chi connectivity index (χ3v) is 6.50. The highest BCUT2D eigenvalue weighted by molar-refractivity contribution is 7.85. The normalized spacial score (nSPS) is 22.6. The smallest absolute Gasteiger partial charge is 0.362 e. The minimum atomic E-state index is -4.55. The highest BCUT2D eigenvalue weighted by atomic mass is 32.2. The van der Waals surface area contributed by atoms with Gasteiger partial charge in [-0.15, -0.1) is 0 Å². The number of aromatic nitrogens is 4. The van der Waals surface area contributed by atoms with Crippen LogP contribution in [0, 0.1) is 0 Å². The van der Waals surface area contributed by atoms with E-state index in [1.165, 1.54) is 23.3 Å². The molecule has 5 N–H and O–H groups in total. The standard InChI is InChI=1S/C21H20N6O7S/c22-18-15-19(24-9-23-18)27(10-25-15)21-17(29)16(28)14(34-21)8-33-35(31,32)26-20(30)13-6-5-11-3-1-2-4-12(11)7-13/h1-7,9-10,14,16-17,21,28-29H,8H2,(H,26,30)(H2,22,23,24)/t14-,16-,17-,21-/m1/s1. The van der Waals surface area contributed by atoms with Crippen LogP contribution in [0.25, 0.3) is 21.9 Å². The van der Waals surface area contributed by atoms with Gasteiger partial charge in [-0.05, 0) is 22.9 Å². The Kier molecular flexibility index (Phi) is 5.82. The van der Waals surface area contributed by atoms with Gasteiger partial charge in [0.25, 0.3) is 5.91 Å². The van der Waals surface area contributed by atoms with Crippen molar-refractivity contribution in [1.29, 1.82) is 0 Å². The number of aliphatic hydroxyl groups excluding tert-OH is 2. The first kappa shape index (κ1) is 23.1. The van der Waals surface area contributed by atoms with E-state index < -0.39 is 47.4 Å². The van der Waals surface area contributed by atoms with Crippen LogP contribution < -0.4 is 10.5 Å². The molecule has 1 aliphatic rings. The summed E-state index contributed by atoms with van der Waals surface area (Å²) in [5.74, 6) is -0.765. The van der Waals surface area contributed by atoms with Crippen LogP contribution in [-0.2, 0) is 19.2 Å². The Bertz CT molecular complexity index is 1530. The minimum absolute atomic E-state index is 0.120. The molecule has 5 rings (SSSR count). The number of benzene rings is 2. The van der Waals surface area contributed by atoms with Gasteiger partial charge in [0.15, 0.2) is 17.7 Å². The number of fused-ring (bicyclic) bond motifs is 2. The van der Waals surface area contributed by atoms with E-state index in [0.717, 1.165) is 10.8 Å². The predicted octanol–water partition coefficient (Wildman–Crippen LogP) is -0.128. The van der Waals surface area contributed by atoms with E-state index in [9.17, 15) is 23.4 Å². The van der Waals surface area contributed by atoms with Crippen molar-refractivity contribution in [1.82, 2.24) is 24.2 Å². The molecule has 35 heavy (non-hydrogen) atoms. The Morgan fingerprint density at radius 2 is 1.89 bits per heavy atom. The van der Waals surface area contributed by atoms with Gasteiger partial charge in [0.2, 0.25) is 0 Å². The first-order chi connectivity index (χ1) is 16.7. The molecule has 1 amide bonds. The summed E-state index contributed by atoms with van der Waals surface area (Å²) in [7, 11) is -4.55. The number of nitrogen functional groups attached to an aromatic ring is 1. The fraction of sp³-hybridized carbons (Fsp3) is 0.238. The second-order valence-electron chi connectivity index (χ2n) is 7.86. The summed E-state index contributed by atoms with van der Waals surface area (Å²) < 4.78 is 38.3. The predicted molar refractivity (Wildman–Crippen MR) is 122 cm³/mol.